The minimum absolute atomic E-state index is 0.0115. The molecule has 7 nitrogen and oxygen atoms in total. The van der Waals surface area contributed by atoms with Gasteiger partial charge in [-0.05, 0) is 42.8 Å². The van der Waals surface area contributed by atoms with Gasteiger partial charge in [0, 0.05) is 30.3 Å². The number of rotatable bonds is 9. The predicted octanol–water partition coefficient (Wildman–Crippen LogP) is 3.75. The van der Waals surface area contributed by atoms with Crippen molar-refractivity contribution in [2.24, 2.45) is 0 Å². The van der Waals surface area contributed by atoms with Gasteiger partial charge in [-0.3, -0.25) is 9.59 Å². The number of amides is 1. The lowest BCUT2D eigenvalue weighted by Crippen LogP contribution is -2.35. The van der Waals surface area contributed by atoms with Crippen molar-refractivity contribution in [3.8, 4) is 5.75 Å². The molecule has 3 aromatic rings. The molecular formula is C25H26N2O5S. The van der Waals surface area contributed by atoms with E-state index in [-0.39, 0.29) is 17.2 Å². The molecule has 0 bridgehead atoms. The summed E-state index contributed by atoms with van der Waals surface area (Å²) < 4.78 is 32.0. The van der Waals surface area contributed by atoms with Crippen molar-refractivity contribution < 1.29 is 22.7 Å². The van der Waals surface area contributed by atoms with Crippen LogP contribution in [0, 0.1) is 0 Å². The fourth-order valence-electron chi connectivity index (χ4n) is 3.34. The Labute approximate surface area is 194 Å². The SMILES string of the molecule is COc1ccc(NC(=O)CN(C)S(=O)(=O)c2ccc(C(C)=O)cc2)cc1Cc1ccccc1. The monoisotopic (exact) mass is 466 g/mol. The normalized spacial score (nSPS) is 11.3. The Bertz CT molecular complexity index is 1240. The van der Waals surface area contributed by atoms with Crippen molar-refractivity contribution in [3.05, 3.63) is 89.5 Å². The molecule has 0 saturated carbocycles. The number of anilines is 1. The van der Waals surface area contributed by atoms with Crippen LogP contribution < -0.4 is 10.1 Å². The van der Waals surface area contributed by atoms with E-state index in [1.54, 1.807) is 19.2 Å². The molecule has 0 radical (unpaired) electrons. The van der Waals surface area contributed by atoms with Gasteiger partial charge < -0.3 is 10.1 Å². The number of ketones is 1. The van der Waals surface area contributed by atoms with Crippen LogP contribution >= 0.6 is 0 Å². The highest BCUT2D eigenvalue weighted by atomic mass is 32.2. The number of hydrogen-bond donors (Lipinski definition) is 1. The molecule has 3 aromatic carbocycles. The van der Waals surface area contributed by atoms with Crippen molar-refractivity contribution in [3.63, 3.8) is 0 Å². The van der Waals surface area contributed by atoms with Crippen LogP contribution in [0.5, 0.6) is 5.75 Å². The third kappa shape index (κ3) is 6.06. The maximum atomic E-state index is 12.8. The topological polar surface area (TPSA) is 92.8 Å². The molecule has 0 heterocycles. The molecule has 0 fully saturated rings. The third-order valence-electron chi connectivity index (χ3n) is 5.14. The number of ether oxygens (including phenoxy) is 1. The molecule has 0 aliphatic carbocycles. The molecule has 0 aromatic heterocycles. The molecule has 172 valence electrons. The highest BCUT2D eigenvalue weighted by Crippen LogP contribution is 2.25. The first-order chi connectivity index (χ1) is 15.7. The maximum absolute atomic E-state index is 12.8. The second-order valence-corrected chi connectivity index (χ2v) is 9.62. The Morgan fingerprint density at radius 1 is 0.970 bits per heavy atom. The zero-order valence-electron chi connectivity index (χ0n) is 18.7. The largest absolute Gasteiger partial charge is 0.496 e. The zero-order valence-corrected chi connectivity index (χ0v) is 19.6. The first kappa shape index (κ1) is 24.2. The first-order valence-corrected chi connectivity index (χ1v) is 11.7. The second kappa shape index (κ2) is 10.4. The van der Waals surface area contributed by atoms with E-state index in [9.17, 15) is 18.0 Å². The number of hydrogen-bond acceptors (Lipinski definition) is 5. The molecule has 0 aliphatic rings. The number of Topliss-reactive ketones (excluding diaryl/α,β-unsaturated/α-hetero) is 1. The quantitative estimate of drug-likeness (QED) is 0.485. The summed E-state index contributed by atoms with van der Waals surface area (Å²) in [6.07, 6.45) is 0.623. The number of sulfonamides is 1. The van der Waals surface area contributed by atoms with Crippen LogP contribution in [0.25, 0.3) is 0 Å². The number of methoxy groups -OCH3 is 1. The number of carbonyl (C=O) groups is 2. The van der Waals surface area contributed by atoms with Crippen LogP contribution in [0.4, 0.5) is 5.69 Å². The Hall–Kier alpha value is -3.49. The van der Waals surface area contributed by atoms with Crippen molar-refractivity contribution in [2.75, 3.05) is 26.0 Å². The average molecular weight is 467 g/mol. The Balaban J connectivity index is 1.70. The molecule has 1 amide bonds. The van der Waals surface area contributed by atoms with Gasteiger partial charge in [-0.2, -0.15) is 4.31 Å². The van der Waals surface area contributed by atoms with Crippen LogP contribution in [0.15, 0.2) is 77.7 Å². The average Bonchev–Trinajstić information content (AvgIpc) is 2.80. The molecule has 0 atom stereocenters. The molecular weight excluding hydrogens is 440 g/mol. The maximum Gasteiger partial charge on any atom is 0.243 e. The third-order valence-corrected chi connectivity index (χ3v) is 6.95. The zero-order chi connectivity index (χ0) is 24.0. The summed E-state index contributed by atoms with van der Waals surface area (Å²) in [4.78, 5) is 24.0. The van der Waals surface area contributed by atoms with Gasteiger partial charge in [0.15, 0.2) is 5.78 Å². The minimum Gasteiger partial charge on any atom is -0.496 e. The molecule has 0 aliphatic heterocycles. The number of carbonyl (C=O) groups excluding carboxylic acids is 2. The van der Waals surface area contributed by atoms with Crippen LogP contribution in [0.2, 0.25) is 0 Å². The summed E-state index contributed by atoms with van der Waals surface area (Å²) >= 11 is 0. The molecule has 0 spiro atoms. The minimum atomic E-state index is -3.89. The predicted molar refractivity (Wildman–Crippen MR) is 127 cm³/mol. The first-order valence-electron chi connectivity index (χ1n) is 10.3. The van der Waals surface area contributed by atoms with Gasteiger partial charge in [0.05, 0.1) is 18.6 Å². The fourth-order valence-corrected chi connectivity index (χ4v) is 4.47. The lowest BCUT2D eigenvalue weighted by Gasteiger charge is -2.17. The Morgan fingerprint density at radius 3 is 2.24 bits per heavy atom. The van der Waals surface area contributed by atoms with Gasteiger partial charge in [0.25, 0.3) is 0 Å². The van der Waals surface area contributed by atoms with Gasteiger partial charge >= 0.3 is 0 Å². The van der Waals surface area contributed by atoms with Gasteiger partial charge in [0.1, 0.15) is 5.75 Å². The van der Waals surface area contributed by atoms with Crippen LogP contribution in [-0.4, -0.2) is 45.1 Å². The molecule has 33 heavy (non-hydrogen) atoms. The van der Waals surface area contributed by atoms with E-state index in [1.165, 1.54) is 38.2 Å². The van der Waals surface area contributed by atoms with E-state index in [4.69, 9.17) is 4.74 Å². The Kier molecular flexibility index (Phi) is 7.63. The molecule has 0 saturated heterocycles. The van der Waals surface area contributed by atoms with Crippen LogP contribution in [-0.2, 0) is 21.2 Å². The number of nitrogens with one attached hydrogen (secondary N) is 1. The fraction of sp³-hybridized carbons (Fsp3) is 0.200. The summed E-state index contributed by atoms with van der Waals surface area (Å²) in [7, 11) is -0.963. The second-order valence-electron chi connectivity index (χ2n) is 7.58. The van der Waals surface area contributed by atoms with Crippen molar-refractivity contribution in [1.82, 2.24) is 4.31 Å². The van der Waals surface area contributed by atoms with E-state index in [0.717, 1.165) is 15.4 Å². The highest BCUT2D eigenvalue weighted by molar-refractivity contribution is 7.89. The standard InChI is InChI=1S/C25H26N2O5S/c1-18(28)20-9-12-23(13-10-20)33(30,31)27(2)17-25(29)26-22-11-14-24(32-3)21(16-22)15-19-7-5-4-6-8-19/h4-14,16H,15,17H2,1-3H3,(H,26,29). The van der Waals surface area contributed by atoms with E-state index in [1.807, 2.05) is 36.4 Å². The molecule has 1 N–H and O–H groups in total. The number of likely N-dealkylation sites (N-methyl/N-ethyl adjacent to an activating group) is 1. The van der Waals surface area contributed by atoms with E-state index in [2.05, 4.69) is 5.32 Å². The van der Waals surface area contributed by atoms with E-state index >= 15 is 0 Å². The molecule has 0 unspecified atom stereocenters. The van der Waals surface area contributed by atoms with Crippen LogP contribution in [0.3, 0.4) is 0 Å². The van der Waals surface area contributed by atoms with Crippen molar-refractivity contribution in [1.29, 1.82) is 0 Å². The number of nitrogens with zero attached hydrogens (tertiary/aromatic N) is 1. The van der Waals surface area contributed by atoms with Gasteiger partial charge in [-0.15, -0.1) is 0 Å². The molecule has 8 heteroatoms. The highest BCUT2D eigenvalue weighted by Gasteiger charge is 2.23. The Morgan fingerprint density at radius 2 is 1.64 bits per heavy atom. The van der Waals surface area contributed by atoms with Gasteiger partial charge in [0.2, 0.25) is 15.9 Å². The van der Waals surface area contributed by atoms with E-state index in [0.29, 0.717) is 23.4 Å². The molecule has 3 rings (SSSR count). The summed E-state index contributed by atoms with van der Waals surface area (Å²) in [5.74, 6) is 0.0700. The van der Waals surface area contributed by atoms with Crippen molar-refractivity contribution >= 4 is 27.4 Å². The van der Waals surface area contributed by atoms with Gasteiger partial charge in [-0.25, -0.2) is 8.42 Å². The lowest BCUT2D eigenvalue weighted by atomic mass is 10.0. The van der Waals surface area contributed by atoms with Crippen LogP contribution in [0.1, 0.15) is 28.4 Å². The lowest BCUT2D eigenvalue weighted by molar-refractivity contribution is -0.116. The summed E-state index contributed by atoms with van der Waals surface area (Å²) in [6.45, 7) is 1.04. The summed E-state index contributed by atoms with van der Waals surface area (Å²) in [6, 6.07) is 20.8. The van der Waals surface area contributed by atoms with E-state index < -0.39 is 15.9 Å². The van der Waals surface area contributed by atoms with Crippen molar-refractivity contribution in [2.45, 2.75) is 18.2 Å². The number of benzene rings is 3. The summed E-state index contributed by atoms with van der Waals surface area (Å²) in [5, 5.41) is 2.75. The smallest absolute Gasteiger partial charge is 0.243 e. The summed E-state index contributed by atoms with van der Waals surface area (Å²) in [5.41, 5.74) is 2.96. The van der Waals surface area contributed by atoms with Gasteiger partial charge in [-0.1, -0.05) is 42.5 Å².